The van der Waals surface area contributed by atoms with Gasteiger partial charge in [0.2, 0.25) is 0 Å². The summed E-state index contributed by atoms with van der Waals surface area (Å²) >= 11 is 0. The summed E-state index contributed by atoms with van der Waals surface area (Å²) in [5, 5.41) is 27.7. The summed E-state index contributed by atoms with van der Waals surface area (Å²) in [6.45, 7) is 0. The number of hydrogen-bond acceptors (Lipinski definition) is 3. The highest BCUT2D eigenvalue weighted by Crippen LogP contribution is 2.22. The first-order valence-electron chi connectivity index (χ1n) is 2.38. The molecule has 0 radical (unpaired) electrons. The van der Waals surface area contributed by atoms with Gasteiger partial charge in [-0.15, -0.1) is 5.75 Å². The van der Waals surface area contributed by atoms with E-state index in [0.717, 1.165) is 18.2 Å². The standard InChI is InChI=1S/C6H6O3/c7-4-1-5(8)3-6(9)2-4/h1-3,7-9H/p-1. The highest BCUT2D eigenvalue weighted by Gasteiger charge is 1.88. The van der Waals surface area contributed by atoms with Crippen molar-refractivity contribution in [3.63, 3.8) is 0 Å². The maximum atomic E-state index is 10.4. The van der Waals surface area contributed by atoms with Crippen LogP contribution in [0, 0.1) is 0 Å². The summed E-state index contributed by atoms with van der Waals surface area (Å²) in [5.74, 6) is -0.812. The third kappa shape index (κ3) is 1.25. The number of rotatable bonds is 0. The predicted molar refractivity (Wildman–Crippen MR) is 29.2 cm³/mol. The minimum Gasteiger partial charge on any atom is -0.872 e. The van der Waals surface area contributed by atoms with Crippen LogP contribution in [0.3, 0.4) is 0 Å². The monoisotopic (exact) mass is 125 g/mol. The third-order valence-electron chi connectivity index (χ3n) is 0.876. The molecule has 0 aliphatic rings. The molecular formula is C6H5O3-. The first-order valence-corrected chi connectivity index (χ1v) is 2.38. The summed E-state index contributed by atoms with van der Waals surface area (Å²) in [7, 11) is 0. The van der Waals surface area contributed by atoms with E-state index < -0.39 is 5.75 Å². The Kier molecular flexibility index (Phi) is 1.18. The largest absolute Gasteiger partial charge is 0.872 e. The van der Waals surface area contributed by atoms with Crippen molar-refractivity contribution in [2.24, 2.45) is 0 Å². The van der Waals surface area contributed by atoms with Crippen LogP contribution >= 0.6 is 0 Å². The van der Waals surface area contributed by atoms with Crippen LogP contribution in [0.25, 0.3) is 0 Å². The van der Waals surface area contributed by atoms with E-state index in [-0.39, 0.29) is 11.5 Å². The molecule has 0 heterocycles. The lowest BCUT2D eigenvalue weighted by molar-refractivity contribution is -0.268. The molecule has 0 amide bonds. The lowest BCUT2D eigenvalue weighted by Gasteiger charge is -2.04. The smallest absolute Gasteiger partial charge is 0.118 e. The molecule has 0 bridgehead atoms. The third-order valence-corrected chi connectivity index (χ3v) is 0.876. The van der Waals surface area contributed by atoms with Crippen molar-refractivity contribution >= 4 is 0 Å². The van der Waals surface area contributed by atoms with E-state index in [1.165, 1.54) is 0 Å². The molecule has 1 aromatic carbocycles. The van der Waals surface area contributed by atoms with Gasteiger partial charge in [0.15, 0.2) is 0 Å². The van der Waals surface area contributed by atoms with Crippen LogP contribution in [0.5, 0.6) is 17.2 Å². The van der Waals surface area contributed by atoms with Crippen molar-refractivity contribution in [3.8, 4) is 17.2 Å². The van der Waals surface area contributed by atoms with Gasteiger partial charge >= 0.3 is 0 Å². The van der Waals surface area contributed by atoms with Crippen molar-refractivity contribution in [2.45, 2.75) is 0 Å². The summed E-state index contributed by atoms with van der Waals surface area (Å²) in [4.78, 5) is 0. The second-order valence-electron chi connectivity index (χ2n) is 1.69. The van der Waals surface area contributed by atoms with Crippen LogP contribution in [0.2, 0.25) is 0 Å². The van der Waals surface area contributed by atoms with E-state index >= 15 is 0 Å². The summed E-state index contributed by atoms with van der Waals surface area (Å²) in [5.41, 5.74) is 0. The molecule has 48 valence electrons. The van der Waals surface area contributed by atoms with E-state index in [0.29, 0.717) is 0 Å². The molecular weight excluding hydrogens is 120 g/mol. The van der Waals surface area contributed by atoms with Gasteiger partial charge in [0.25, 0.3) is 0 Å². The van der Waals surface area contributed by atoms with E-state index in [1.54, 1.807) is 0 Å². The fraction of sp³-hybridized carbons (Fsp3) is 0. The second kappa shape index (κ2) is 1.85. The number of benzene rings is 1. The van der Waals surface area contributed by atoms with Crippen LogP contribution < -0.4 is 5.11 Å². The Balaban J connectivity index is 3.17. The number of hydrogen-bond donors (Lipinski definition) is 2. The molecule has 1 aromatic rings. The lowest BCUT2D eigenvalue weighted by Crippen LogP contribution is -1.87. The molecule has 0 unspecified atom stereocenters. The van der Waals surface area contributed by atoms with Gasteiger partial charge < -0.3 is 15.3 Å². The van der Waals surface area contributed by atoms with Crippen LogP contribution in [0.4, 0.5) is 0 Å². The summed E-state index contributed by atoms with van der Waals surface area (Å²) in [6.07, 6.45) is 0. The normalized spacial score (nSPS) is 9.33. The van der Waals surface area contributed by atoms with Gasteiger partial charge in [0.05, 0.1) is 0 Å². The molecule has 0 atom stereocenters. The summed E-state index contributed by atoms with van der Waals surface area (Å²) in [6, 6.07) is 3.15. The molecule has 0 aromatic heterocycles. The molecule has 3 heteroatoms. The van der Waals surface area contributed by atoms with E-state index in [9.17, 15) is 5.11 Å². The zero-order chi connectivity index (χ0) is 6.85. The molecule has 1 rings (SSSR count). The molecule has 0 fully saturated rings. The topological polar surface area (TPSA) is 63.5 Å². The van der Waals surface area contributed by atoms with Crippen LogP contribution in [-0.4, -0.2) is 10.2 Å². The fourth-order valence-corrected chi connectivity index (χ4v) is 0.568. The second-order valence-corrected chi connectivity index (χ2v) is 1.69. The number of aromatic hydroxyl groups is 2. The molecule has 0 aliphatic carbocycles. The molecule has 2 N–H and O–H groups in total. The Morgan fingerprint density at radius 3 is 1.78 bits per heavy atom. The minimum atomic E-state index is -0.396. The van der Waals surface area contributed by atoms with Gasteiger partial charge in [0, 0.05) is 6.07 Å². The van der Waals surface area contributed by atoms with Crippen molar-refractivity contribution in [1.29, 1.82) is 0 Å². The van der Waals surface area contributed by atoms with Crippen molar-refractivity contribution in [3.05, 3.63) is 18.2 Å². The highest BCUT2D eigenvalue weighted by molar-refractivity contribution is 5.38. The van der Waals surface area contributed by atoms with Crippen LogP contribution in [-0.2, 0) is 0 Å². The molecule has 0 saturated carbocycles. The van der Waals surface area contributed by atoms with Gasteiger partial charge in [-0.3, -0.25) is 0 Å². The van der Waals surface area contributed by atoms with Crippen molar-refractivity contribution in [1.82, 2.24) is 0 Å². The van der Waals surface area contributed by atoms with Crippen molar-refractivity contribution in [2.75, 3.05) is 0 Å². The van der Waals surface area contributed by atoms with Crippen LogP contribution in [0.15, 0.2) is 18.2 Å². The zero-order valence-corrected chi connectivity index (χ0v) is 4.53. The van der Waals surface area contributed by atoms with Crippen LogP contribution in [0.1, 0.15) is 0 Å². The lowest BCUT2D eigenvalue weighted by atomic mass is 10.3. The van der Waals surface area contributed by atoms with Crippen molar-refractivity contribution < 1.29 is 15.3 Å². The van der Waals surface area contributed by atoms with E-state index in [4.69, 9.17) is 10.2 Å². The average molecular weight is 125 g/mol. The maximum absolute atomic E-state index is 10.4. The Morgan fingerprint density at radius 2 is 1.44 bits per heavy atom. The Labute approximate surface area is 51.8 Å². The number of phenols is 2. The molecule has 3 nitrogen and oxygen atoms in total. The SMILES string of the molecule is [O-]c1cc(O)cc(O)c1. The quantitative estimate of drug-likeness (QED) is 0.519. The Bertz CT molecular complexity index is 169. The predicted octanol–water partition coefficient (Wildman–Crippen LogP) is 0.171. The molecule has 0 spiro atoms. The van der Waals surface area contributed by atoms with E-state index in [1.807, 2.05) is 0 Å². The van der Waals surface area contributed by atoms with Gasteiger partial charge in [-0.2, -0.15) is 0 Å². The molecule has 0 saturated heterocycles. The zero-order valence-electron chi connectivity index (χ0n) is 4.53. The molecule has 0 aliphatic heterocycles. The van der Waals surface area contributed by atoms with E-state index in [2.05, 4.69) is 0 Å². The minimum absolute atomic E-state index is 0.208. The Morgan fingerprint density at radius 1 is 1.00 bits per heavy atom. The Hall–Kier alpha value is -1.38. The van der Waals surface area contributed by atoms with Gasteiger partial charge in [-0.05, 0) is 12.1 Å². The maximum Gasteiger partial charge on any atom is 0.118 e. The summed E-state index contributed by atoms with van der Waals surface area (Å²) < 4.78 is 0. The van der Waals surface area contributed by atoms with Gasteiger partial charge in [-0.1, -0.05) is 0 Å². The average Bonchev–Trinajstić information content (AvgIpc) is 1.59. The molecule has 9 heavy (non-hydrogen) atoms. The first-order chi connectivity index (χ1) is 4.18. The fourth-order valence-electron chi connectivity index (χ4n) is 0.568. The van der Waals surface area contributed by atoms with Gasteiger partial charge in [0.1, 0.15) is 11.5 Å². The number of phenolic OH excluding ortho intramolecular Hbond substituents is 2. The highest BCUT2D eigenvalue weighted by atomic mass is 16.3. The van der Waals surface area contributed by atoms with Gasteiger partial charge in [-0.25, -0.2) is 0 Å². The first kappa shape index (κ1) is 5.75.